The number of rotatable bonds is 0. The van der Waals surface area contributed by atoms with Crippen LogP contribution in [0.4, 0.5) is 0 Å². The molecule has 4 heteroatoms. The van der Waals surface area contributed by atoms with Crippen LogP contribution in [-0.2, 0) is 27.9 Å². The molecule has 0 saturated heterocycles. The van der Waals surface area contributed by atoms with Crippen LogP contribution in [0.1, 0.15) is 0 Å². The summed E-state index contributed by atoms with van der Waals surface area (Å²) in [5.41, 5.74) is 0. The van der Waals surface area contributed by atoms with Crippen LogP contribution >= 0.6 is 0 Å². The molecule has 0 aromatic carbocycles. The van der Waals surface area contributed by atoms with E-state index in [0.29, 0.717) is 0 Å². The molecule has 19 valence electrons. The molecule has 0 heterocycles. The Morgan fingerprint density at radius 3 is 1.00 bits per heavy atom. The van der Waals surface area contributed by atoms with E-state index < -0.39 is 0 Å². The Balaban J connectivity index is 0. The van der Waals surface area contributed by atoms with Crippen molar-refractivity contribution in [1.82, 2.24) is 0 Å². The summed E-state index contributed by atoms with van der Waals surface area (Å²) in [5, 5.41) is 0. The van der Waals surface area contributed by atoms with E-state index in [1.807, 2.05) is 0 Å². The first kappa shape index (κ1) is 32.5. The van der Waals surface area contributed by atoms with Gasteiger partial charge in [0.05, 0.1) is 0 Å². The van der Waals surface area contributed by atoms with Gasteiger partial charge in [-0.2, -0.15) is 0 Å². The molecule has 0 bridgehead atoms. The summed E-state index contributed by atoms with van der Waals surface area (Å²) in [7, 11) is 0. The largest absolute Gasteiger partial charge is 2.00 e. The third-order valence-electron chi connectivity index (χ3n) is 0. The molecule has 0 amide bonds. The van der Waals surface area contributed by atoms with Gasteiger partial charge >= 0.3 is 50.4 Å². The van der Waals surface area contributed by atoms with Gasteiger partial charge in [-0.15, -0.1) is 0 Å². The normalized spacial score (nSPS) is 0. The Hall–Kier alpha value is 2.39. The Bertz CT molecular complexity index is 8.00. The minimum atomic E-state index is 0. The minimum Gasteiger partial charge on any atom is -2.00 e. The van der Waals surface area contributed by atoms with Crippen molar-refractivity contribution in [3.05, 3.63) is 0 Å². The summed E-state index contributed by atoms with van der Waals surface area (Å²) < 4.78 is 0. The average molecular weight is 342 g/mol. The summed E-state index contributed by atoms with van der Waals surface area (Å²) in [6.45, 7) is 0. The van der Waals surface area contributed by atoms with Crippen LogP contribution in [0.5, 0.6) is 0 Å². The van der Waals surface area contributed by atoms with Gasteiger partial charge in [-0.3, -0.25) is 0 Å². The van der Waals surface area contributed by atoms with Crippen molar-refractivity contribution in [1.29, 1.82) is 0 Å². The molecule has 0 aliphatic rings. The molecule has 0 aliphatic heterocycles. The molecular weight excluding hydrogens is 340 g/mol. The summed E-state index contributed by atoms with van der Waals surface area (Å²) in [6.07, 6.45) is 0. The molecule has 1 nitrogen and oxygen atoms in total. The maximum atomic E-state index is 0. The van der Waals surface area contributed by atoms with Crippen LogP contribution < -0.4 is 0 Å². The molecule has 4 heavy (non-hydrogen) atoms. The summed E-state index contributed by atoms with van der Waals surface area (Å²) in [4.78, 5) is 0. The first-order chi connectivity index (χ1) is 0. The zero-order valence-electron chi connectivity index (χ0n) is 1.36. The van der Waals surface area contributed by atoms with Gasteiger partial charge in [0.2, 0.25) is 0 Å². The van der Waals surface area contributed by atoms with Crippen LogP contribution in [0, 0.1) is 0 Å². The second-order valence-corrected chi connectivity index (χ2v) is 0. The van der Waals surface area contributed by atoms with Gasteiger partial charge in [0.25, 0.3) is 0 Å². The van der Waals surface area contributed by atoms with Gasteiger partial charge < -0.3 is 5.48 Å². The van der Waals surface area contributed by atoms with Crippen molar-refractivity contribution in [3.63, 3.8) is 0 Å². The van der Waals surface area contributed by atoms with Crippen LogP contribution in [0.3, 0.4) is 0 Å². The Labute approximate surface area is 77.0 Å². The third-order valence-corrected chi connectivity index (χ3v) is 0. The van der Waals surface area contributed by atoms with E-state index in [1.54, 1.807) is 0 Å². The van der Waals surface area contributed by atoms with E-state index in [4.69, 9.17) is 0 Å². The molecule has 3 radical (unpaired) electrons. The van der Waals surface area contributed by atoms with Crippen LogP contribution in [0.15, 0.2) is 0 Å². The molecule has 0 N–H and O–H groups in total. The minimum absolute atomic E-state index is 0. The fraction of sp³-hybridized carbons (Fsp3) is 0. The smallest absolute Gasteiger partial charge is 2.00 e. The molecule has 0 aliphatic carbocycles. The predicted molar refractivity (Wildman–Crippen MR) is 15.0 cm³/mol. The standard InChI is InChI=1S/Mg.Nb.O.Pb.2H/q;;-2;+2;;. The van der Waals surface area contributed by atoms with Crippen molar-refractivity contribution in [2.75, 3.05) is 0 Å². The van der Waals surface area contributed by atoms with E-state index in [1.165, 1.54) is 0 Å². The molecule has 0 atom stereocenters. The fourth-order valence-corrected chi connectivity index (χ4v) is 0. The van der Waals surface area contributed by atoms with Gasteiger partial charge in [0.15, 0.2) is 0 Å². The Morgan fingerprint density at radius 2 is 1.00 bits per heavy atom. The average Bonchev–Trinajstić information content (AvgIpc) is 0. The van der Waals surface area contributed by atoms with Crippen LogP contribution in [0.2, 0.25) is 0 Å². The van der Waals surface area contributed by atoms with Crippen molar-refractivity contribution in [2.24, 2.45) is 0 Å². The number of hydrogen-bond donors (Lipinski definition) is 0. The first-order valence-electron chi connectivity index (χ1n) is 0. The zero-order valence-corrected chi connectivity index (χ0v) is 7.44. The Morgan fingerprint density at radius 1 is 1.00 bits per heavy atom. The fourth-order valence-electron chi connectivity index (χ4n) is 0. The molecule has 0 spiro atoms. The molecule has 0 saturated carbocycles. The second-order valence-electron chi connectivity index (χ2n) is 0. The summed E-state index contributed by atoms with van der Waals surface area (Å²) >= 11 is 0. The maximum Gasteiger partial charge on any atom is 2.00 e. The molecule has 0 aromatic rings. The van der Waals surface area contributed by atoms with Gasteiger partial charge in [0.1, 0.15) is 0 Å². The van der Waals surface area contributed by atoms with Crippen molar-refractivity contribution in [3.8, 4) is 0 Å². The van der Waals surface area contributed by atoms with E-state index >= 15 is 0 Å². The predicted octanol–water partition coefficient (Wildman–Crippen LogP) is -1.42. The topological polar surface area (TPSA) is 28.5 Å². The zero-order chi connectivity index (χ0) is 0. The van der Waals surface area contributed by atoms with Gasteiger partial charge in [0, 0.05) is 22.4 Å². The van der Waals surface area contributed by atoms with E-state index in [9.17, 15) is 0 Å². The second kappa shape index (κ2) is 18.2. The quantitative estimate of drug-likeness (QED) is 0.484. The maximum absolute atomic E-state index is 0. The van der Waals surface area contributed by atoms with E-state index in [0.717, 1.165) is 0 Å². The van der Waals surface area contributed by atoms with E-state index in [2.05, 4.69) is 0 Å². The summed E-state index contributed by atoms with van der Waals surface area (Å²) in [5.74, 6) is 0. The Kier molecular flexibility index (Phi) is 148. The van der Waals surface area contributed by atoms with Gasteiger partial charge in [-0.05, 0) is 0 Å². The molecule has 0 unspecified atom stereocenters. The molecular formula is H2MgNbOPb. The number of hydrogen-bond acceptors (Lipinski definition) is 0. The SMILES string of the molecule is [MgH2].[Nb].[O-2].[Pb+2]. The van der Waals surface area contributed by atoms with Gasteiger partial charge in [-0.25, -0.2) is 0 Å². The molecule has 0 fully saturated rings. The first-order valence-corrected chi connectivity index (χ1v) is 0. The monoisotopic (exact) mass is 343 g/mol. The molecule has 0 aromatic heterocycles. The van der Waals surface area contributed by atoms with Crippen molar-refractivity contribution >= 4 is 50.4 Å². The summed E-state index contributed by atoms with van der Waals surface area (Å²) in [6, 6.07) is 0. The van der Waals surface area contributed by atoms with Crippen molar-refractivity contribution < 1.29 is 27.9 Å². The van der Waals surface area contributed by atoms with Crippen molar-refractivity contribution in [2.45, 2.75) is 0 Å². The molecule has 0 rings (SSSR count). The van der Waals surface area contributed by atoms with Gasteiger partial charge in [-0.1, -0.05) is 0 Å². The van der Waals surface area contributed by atoms with Crippen LogP contribution in [0.25, 0.3) is 0 Å². The van der Waals surface area contributed by atoms with E-state index in [-0.39, 0.29) is 78.2 Å². The van der Waals surface area contributed by atoms with Crippen LogP contribution in [-0.4, -0.2) is 50.4 Å². The third kappa shape index (κ3) is 8.83.